The highest BCUT2D eigenvalue weighted by molar-refractivity contribution is 7.13. The molecule has 0 unspecified atom stereocenters. The van der Waals surface area contributed by atoms with E-state index >= 15 is 0 Å². The van der Waals surface area contributed by atoms with Gasteiger partial charge in [-0.1, -0.05) is 0 Å². The molecule has 0 aliphatic carbocycles. The number of methoxy groups -OCH3 is 1. The zero-order valence-electron chi connectivity index (χ0n) is 15.5. The monoisotopic (exact) mass is 355 g/mol. The van der Waals surface area contributed by atoms with Gasteiger partial charge in [0.05, 0.1) is 12.3 Å². The van der Waals surface area contributed by atoms with Gasteiger partial charge in [-0.05, 0) is 44.2 Å². The number of hydrogen-bond acceptors (Lipinski definition) is 4. The molecule has 0 atom stereocenters. The van der Waals surface area contributed by atoms with Crippen LogP contribution in [0, 0.1) is 13.8 Å². The van der Waals surface area contributed by atoms with Crippen molar-refractivity contribution >= 4 is 17.0 Å². The molecule has 4 nitrogen and oxygen atoms in total. The normalized spacial score (nSPS) is 11.1. The highest BCUT2D eigenvalue weighted by atomic mass is 32.1. The number of aryl methyl sites for hydroxylation is 1. The molecule has 0 aliphatic rings. The van der Waals surface area contributed by atoms with Crippen molar-refractivity contribution in [3.63, 3.8) is 0 Å². The number of hydrogen-bond donors (Lipinski definition) is 0. The first-order valence-corrected chi connectivity index (χ1v) is 9.28. The SMILES string of the molecule is COCCn1c(C)cc(-c2csc(-c3ccc(N(C)C)cc3)n2)c1C. The first kappa shape index (κ1) is 17.7. The lowest BCUT2D eigenvalue weighted by Gasteiger charge is -2.12. The van der Waals surface area contributed by atoms with Crippen molar-refractivity contribution < 1.29 is 4.74 Å². The average molecular weight is 356 g/mol. The number of aromatic nitrogens is 2. The first-order chi connectivity index (χ1) is 12.0. The van der Waals surface area contributed by atoms with E-state index in [1.54, 1.807) is 18.4 Å². The first-order valence-electron chi connectivity index (χ1n) is 8.40. The van der Waals surface area contributed by atoms with E-state index in [1.807, 2.05) is 0 Å². The number of benzene rings is 1. The highest BCUT2D eigenvalue weighted by Gasteiger charge is 2.14. The molecule has 1 aromatic carbocycles. The third kappa shape index (κ3) is 3.62. The van der Waals surface area contributed by atoms with E-state index < -0.39 is 0 Å². The van der Waals surface area contributed by atoms with Gasteiger partial charge in [-0.25, -0.2) is 4.98 Å². The minimum Gasteiger partial charge on any atom is -0.383 e. The minimum atomic E-state index is 0.719. The van der Waals surface area contributed by atoms with E-state index in [-0.39, 0.29) is 0 Å². The Balaban J connectivity index is 1.89. The molecular weight excluding hydrogens is 330 g/mol. The lowest BCUT2D eigenvalue weighted by molar-refractivity contribution is 0.186. The summed E-state index contributed by atoms with van der Waals surface area (Å²) in [5.41, 5.74) is 7.11. The van der Waals surface area contributed by atoms with Gasteiger partial charge in [0.2, 0.25) is 0 Å². The largest absolute Gasteiger partial charge is 0.383 e. The van der Waals surface area contributed by atoms with Gasteiger partial charge in [0, 0.05) is 61.3 Å². The fourth-order valence-corrected chi connectivity index (χ4v) is 3.85. The Morgan fingerprint density at radius 1 is 1.16 bits per heavy atom. The summed E-state index contributed by atoms with van der Waals surface area (Å²) in [6.07, 6.45) is 0. The Bertz CT molecular complexity index is 846. The fourth-order valence-electron chi connectivity index (χ4n) is 3.02. The zero-order valence-corrected chi connectivity index (χ0v) is 16.4. The molecule has 5 heteroatoms. The molecule has 3 aromatic rings. The van der Waals surface area contributed by atoms with E-state index in [9.17, 15) is 0 Å². The second-order valence-corrected chi connectivity index (χ2v) is 7.27. The van der Waals surface area contributed by atoms with Crippen LogP contribution in [0.3, 0.4) is 0 Å². The van der Waals surface area contributed by atoms with E-state index in [1.165, 1.54) is 22.6 Å². The van der Waals surface area contributed by atoms with Crippen LogP contribution in [0.15, 0.2) is 35.7 Å². The van der Waals surface area contributed by atoms with Crippen molar-refractivity contribution in [2.24, 2.45) is 0 Å². The standard InChI is InChI=1S/C20H25N3OS/c1-14-12-18(15(2)23(14)10-11-24-5)19-13-25-20(21-19)16-6-8-17(9-7-16)22(3)4/h6-9,12-13H,10-11H2,1-5H3. The molecule has 0 saturated heterocycles. The number of nitrogens with zero attached hydrogens (tertiary/aromatic N) is 3. The third-order valence-electron chi connectivity index (χ3n) is 4.50. The van der Waals surface area contributed by atoms with Gasteiger partial charge in [-0.3, -0.25) is 0 Å². The minimum absolute atomic E-state index is 0.719. The predicted octanol–water partition coefficient (Wildman–Crippen LogP) is 4.61. The van der Waals surface area contributed by atoms with Gasteiger partial charge >= 0.3 is 0 Å². The lowest BCUT2D eigenvalue weighted by atomic mass is 10.2. The summed E-state index contributed by atoms with van der Waals surface area (Å²) in [4.78, 5) is 6.98. The van der Waals surface area contributed by atoms with Crippen LogP contribution in [0.5, 0.6) is 0 Å². The van der Waals surface area contributed by atoms with Gasteiger partial charge in [0.15, 0.2) is 0 Å². The van der Waals surface area contributed by atoms with Gasteiger partial charge in [-0.2, -0.15) is 0 Å². The van der Waals surface area contributed by atoms with Crippen molar-refractivity contribution in [3.8, 4) is 21.8 Å². The van der Waals surface area contributed by atoms with Crippen LogP contribution in [0.4, 0.5) is 5.69 Å². The summed E-state index contributed by atoms with van der Waals surface area (Å²) in [5, 5.41) is 3.21. The second kappa shape index (κ2) is 7.42. The second-order valence-electron chi connectivity index (χ2n) is 6.41. The molecule has 2 aromatic heterocycles. The zero-order chi connectivity index (χ0) is 18.0. The Labute approximate surface area is 153 Å². The molecule has 0 spiro atoms. The molecule has 25 heavy (non-hydrogen) atoms. The van der Waals surface area contributed by atoms with Crippen molar-refractivity contribution in [1.29, 1.82) is 0 Å². The van der Waals surface area contributed by atoms with E-state index in [2.05, 4.69) is 73.1 Å². The van der Waals surface area contributed by atoms with E-state index in [4.69, 9.17) is 9.72 Å². The summed E-state index contributed by atoms with van der Waals surface area (Å²) in [6.45, 7) is 5.88. The van der Waals surface area contributed by atoms with Crippen LogP contribution < -0.4 is 4.90 Å². The van der Waals surface area contributed by atoms with Crippen molar-refractivity contribution in [3.05, 3.63) is 47.1 Å². The lowest BCUT2D eigenvalue weighted by Crippen LogP contribution is -2.07. The fraction of sp³-hybridized carbons (Fsp3) is 0.350. The molecule has 0 N–H and O–H groups in total. The summed E-state index contributed by atoms with van der Waals surface area (Å²) >= 11 is 1.69. The molecule has 0 saturated carbocycles. The Kier molecular flexibility index (Phi) is 5.25. The number of ether oxygens (including phenoxy) is 1. The van der Waals surface area contributed by atoms with Crippen molar-refractivity contribution in [1.82, 2.24) is 9.55 Å². The van der Waals surface area contributed by atoms with Gasteiger partial charge in [0.25, 0.3) is 0 Å². The average Bonchev–Trinajstić information content (AvgIpc) is 3.19. The molecule has 0 bridgehead atoms. The van der Waals surface area contributed by atoms with Crippen LogP contribution in [-0.2, 0) is 11.3 Å². The van der Waals surface area contributed by atoms with E-state index in [0.29, 0.717) is 0 Å². The number of anilines is 1. The Hall–Kier alpha value is -2.11. The molecule has 0 radical (unpaired) electrons. The smallest absolute Gasteiger partial charge is 0.124 e. The van der Waals surface area contributed by atoms with Gasteiger partial charge < -0.3 is 14.2 Å². The Morgan fingerprint density at radius 3 is 2.52 bits per heavy atom. The molecule has 0 aliphatic heterocycles. The maximum atomic E-state index is 5.22. The maximum Gasteiger partial charge on any atom is 0.124 e. The number of thiazole rings is 1. The molecule has 0 fully saturated rings. The maximum absolute atomic E-state index is 5.22. The summed E-state index contributed by atoms with van der Waals surface area (Å²) in [6, 6.07) is 10.8. The van der Waals surface area contributed by atoms with Crippen molar-refractivity contribution in [2.75, 3.05) is 32.7 Å². The molecule has 0 amide bonds. The summed E-state index contributed by atoms with van der Waals surface area (Å²) < 4.78 is 7.52. The van der Waals surface area contributed by atoms with Gasteiger partial charge in [-0.15, -0.1) is 11.3 Å². The predicted molar refractivity (Wildman–Crippen MR) is 107 cm³/mol. The van der Waals surface area contributed by atoms with Crippen LogP contribution in [0.2, 0.25) is 0 Å². The van der Waals surface area contributed by atoms with E-state index in [0.717, 1.165) is 29.4 Å². The third-order valence-corrected chi connectivity index (χ3v) is 5.39. The Morgan fingerprint density at radius 2 is 1.88 bits per heavy atom. The van der Waals surface area contributed by atoms with Crippen LogP contribution in [-0.4, -0.2) is 37.4 Å². The van der Waals surface area contributed by atoms with Crippen LogP contribution in [0.25, 0.3) is 21.8 Å². The van der Waals surface area contributed by atoms with Gasteiger partial charge in [0.1, 0.15) is 5.01 Å². The molecule has 132 valence electrons. The van der Waals surface area contributed by atoms with Crippen molar-refractivity contribution in [2.45, 2.75) is 20.4 Å². The van der Waals surface area contributed by atoms with Crippen LogP contribution >= 0.6 is 11.3 Å². The number of rotatable bonds is 6. The quantitative estimate of drug-likeness (QED) is 0.647. The highest BCUT2D eigenvalue weighted by Crippen LogP contribution is 2.32. The van der Waals surface area contributed by atoms with Crippen LogP contribution in [0.1, 0.15) is 11.4 Å². The molecule has 2 heterocycles. The molecule has 3 rings (SSSR count). The summed E-state index contributed by atoms with van der Waals surface area (Å²) in [7, 11) is 5.84. The molecular formula is C20H25N3OS. The summed E-state index contributed by atoms with van der Waals surface area (Å²) in [5.74, 6) is 0. The topological polar surface area (TPSA) is 30.3 Å².